The highest BCUT2D eigenvalue weighted by Gasteiger charge is 2.25. The molecule has 2 aliphatic carbocycles. The molecule has 0 radical (unpaired) electrons. The van der Waals surface area contributed by atoms with Gasteiger partial charge in [-0.15, -0.1) is 0 Å². The molecule has 1 heteroatoms. The number of nitrogen functional groups attached to an aromatic ring is 1. The van der Waals surface area contributed by atoms with Crippen LogP contribution in [0.5, 0.6) is 0 Å². The molecule has 0 aliphatic heterocycles. The summed E-state index contributed by atoms with van der Waals surface area (Å²) in [5, 5.41) is 0. The molecule has 0 atom stereocenters. The molecular weight excluding hydrogens is 182 g/mol. The van der Waals surface area contributed by atoms with Crippen molar-refractivity contribution in [2.75, 3.05) is 5.73 Å². The number of allylic oxidation sites excluding steroid dienone is 1. The molecule has 0 saturated heterocycles. The maximum Gasteiger partial charge on any atom is 0.0425 e. The van der Waals surface area contributed by atoms with E-state index in [9.17, 15) is 0 Å². The van der Waals surface area contributed by atoms with Gasteiger partial charge in [0.25, 0.3) is 0 Å². The van der Waals surface area contributed by atoms with Gasteiger partial charge >= 0.3 is 0 Å². The zero-order chi connectivity index (χ0) is 10.4. The van der Waals surface area contributed by atoms with Gasteiger partial charge in [-0.3, -0.25) is 0 Å². The van der Waals surface area contributed by atoms with E-state index in [1.165, 1.54) is 47.9 Å². The number of hydrogen-bond donors (Lipinski definition) is 1. The molecule has 0 bridgehead atoms. The average Bonchev–Trinajstić information content (AvgIpc) is 2.04. The lowest BCUT2D eigenvalue weighted by molar-refractivity contribution is 0.401. The smallest absolute Gasteiger partial charge is 0.0425 e. The van der Waals surface area contributed by atoms with E-state index < -0.39 is 0 Å². The second-order valence-corrected chi connectivity index (χ2v) is 4.82. The molecule has 1 saturated carbocycles. The number of anilines is 1. The Morgan fingerprint density at radius 3 is 2.60 bits per heavy atom. The standard InChI is InChI=1S/C14H17N/c1-9(10-3-2-4-10)12-7-5-11-6-8-13(11)14(12)15/h5,7,10H,1-4,6,8,15H2. The van der Waals surface area contributed by atoms with Crippen LogP contribution in [0.15, 0.2) is 18.7 Å². The lowest BCUT2D eigenvalue weighted by Crippen LogP contribution is -2.17. The van der Waals surface area contributed by atoms with E-state index in [0.717, 1.165) is 12.1 Å². The van der Waals surface area contributed by atoms with Crippen molar-refractivity contribution < 1.29 is 0 Å². The largest absolute Gasteiger partial charge is 0.398 e. The third-order valence-electron chi connectivity index (χ3n) is 4.04. The Morgan fingerprint density at radius 1 is 1.27 bits per heavy atom. The van der Waals surface area contributed by atoms with Crippen LogP contribution in [-0.4, -0.2) is 0 Å². The number of aryl methyl sites for hydroxylation is 1. The Balaban J connectivity index is 1.97. The van der Waals surface area contributed by atoms with Gasteiger partial charge in [0, 0.05) is 11.3 Å². The highest BCUT2D eigenvalue weighted by molar-refractivity contribution is 5.79. The van der Waals surface area contributed by atoms with Crippen LogP contribution in [-0.2, 0) is 12.8 Å². The summed E-state index contributed by atoms with van der Waals surface area (Å²) in [5.41, 5.74) is 12.5. The normalized spacial score (nSPS) is 18.9. The van der Waals surface area contributed by atoms with Crippen molar-refractivity contribution in [1.82, 2.24) is 0 Å². The molecule has 0 spiro atoms. The fourth-order valence-corrected chi connectivity index (χ4v) is 2.58. The summed E-state index contributed by atoms with van der Waals surface area (Å²) < 4.78 is 0. The van der Waals surface area contributed by atoms with Gasteiger partial charge in [-0.05, 0) is 48.3 Å². The molecule has 0 aromatic heterocycles. The lowest BCUT2D eigenvalue weighted by atomic mass is 9.75. The van der Waals surface area contributed by atoms with Gasteiger partial charge in [0.15, 0.2) is 0 Å². The van der Waals surface area contributed by atoms with Crippen LogP contribution in [0.25, 0.3) is 5.57 Å². The summed E-state index contributed by atoms with van der Waals surface area (Å²) in [7, 11) is 0. The third kappa shape index (κ3) is 1.22. The van der Waals surface area contributed by atoms with E-state index in [0.29, 0.717) is 5.92 Å². The summed E-state index contributed by atoms with van der Waals surface area (Å²) in [6.45, 7) is 4.22. The van der Waals surface area contributed by atoms with Crippen molar-refractivity contribution >= 4 is 11.3 Å². The van der Waals surface area contributed by atoms with Crippen molar-refractivity contribution in [3.8, 4) is 0 Å². The number of fused-ring (bicyclic) bond motifs is 1. The Labute approximate surface area is 91.0 Å². The molecule has 2 aliphatic rings. The first-order chi connectivity index (χ1) is 7.27. The Kier molecular flexibility index (Phi) is 1.88. The van der Waals surface area contributed by atoms with Crippen molar-refractivity contribution in [3.63, 3.8) is 0 Å². The minimum atomic E-state index is 0.699. The second-order valence-electron chi connectivity index (χ2n) is 4.82. The zero-order valence-corrected chi connectivity index (χ0v) is 9.05. The predicted octanol–water partition coefficient (Wildman–Crippen LogP) is 3.18. The van der Waals surface area contributed by atoms with Crippen LogP contribution in [0.4, 0.5) is 5.69 Å². The summed E-state index contributed by atoms with van der Waals surface area (Å²) >= 11 is 0. The molecule has 1 fully saturated rings. The molecular formula is C14H17N. The maximum atomic E-state index is 6.19. The zero-order valence-electron chi connectivity index (χ0n) is 9.05. The van der Waals surface area contributed by atoms with E-state index in [-0.39, 0.29) is 0 Å². The summed E-state index contributed by atoms with van der Waals surface area (Å²) in [6.07, 6.45) is 6.32. The van der Waals surface area contributed by atoms with Gasteiger partial charge in [0.05, 0.1) is 0 Å². The van der Waals surface area contributed by atoms with E-state index in [1.807, 2.05) is 0 Å². The molecule has 3 rings (SSSR count). The highest BCUT2D eigenvalue weighted by Crippen LogP contribution is 2.41. The Morgan fingerprint density at radius 2 is 2.07 bits per heavy atom. The maximum absolute atomic E-state index is 6.19. The van der Waals surface area contributed by atoms with E-state index >= 15 is 0 Å². The first-order valence-electron chi connectivity index (χ1n) is 5.87. The summed E-state index contributed by atoms with van der Waals surface area (Å²) in [5.74, 6) is 0.699. The number of nitrogens with two attached hydrogens (primary N) is 1. The van der Waals surface area contributed by atoms with Gasteiger partial charge in [0.2, 0.25) is 0 Å². The molecule has 0 heterocycles. The molecule has 1 aromatic rings. The molecule has 0 amide bonds. The number of hydrogen-bond acceptors (Lipinski definition) is 1. The molecule has 0 unspecified atom stereocenters. The van der Waals surface area contributed by atoms with Crippen LogP contribution in [0.1, 0.15) is 36.0 Å². The molecule has 2 N–H and O–H groups in total. The first-order valence-corrected chi connectivity index (χ1v) is 5.87. The Hall–Kier alpha value is -1.24. The van der Waals surface area contributed by atoms with Crippen LogP contribution in [0.3, 0.4) is 0 Å². The van der Waals surface area contributed by atoms with Gasteiger partial charge in [-0.1, -0.05) is 25.1 Å². The van der Waals surface area contributed by atoms with Crippen LogP contribution in [0.2, 0.25) is 0 Å². The fraction of sp³-hybridized carbons (Fsp3) is 0.429. The Bertz CT molecular complexity index is 427. The average molecular weight is 199 g/mol. The van der Waals surface area contributed by atoms with Gasteiger partial charge in [-0.25, -0.2) is 0 Å². The number of rotatable bonds is 2. The van der Waals surface area contributed by atoms with Gasteiger partial charge in [-0.2, -0.15) is 0 Å². The van der Waals surface area contributed by atoms with E-state index in [4.69, 9.17) is 5.73 Å². The van der Waals surface area contributed by atoms with Crippen LogP contribution >= 0.6 is 0 Å². The third-order valence-corrected chi connectivity index (χ3v) is 4.04. The van der Waals surface area contributed by atoms with Crippen molar-refractivity contribution in [2.45, 2.75) is 32.1 Å². The van der Waals surface area contributed by atoms with Crippen molar-refractivity contribution in [1.29, 1.82) is 0 Å². The highest BCUT2D eigenvalue weighted by atomic mass is 14.6. The van der Waals surface area contributed by atoms with E-state index in [2.05, 4.69) is 18.7 Å². The minimum Gasteiger partial charge on any atom is -0.398 e. The fourth-order valence-electron chi connectivity index (χ4n) is 2.58. The quantitative estimate of drug-likeness (QED) is 0.727. The van der Waals surface area contributed by atoms with E-state index in [1.54, 1.807) is 0 Å². The predicted molar refractivity (Wildman–Crippen MR) is 64.6 cm³/mol. The summed E-state index contributed by atoms with van der Waals surface area (Å²) in [6, 6.07) is 4.41. The van der Waals surface area contributed by atoms with Crippen LogP contribution < -0.4 is 5.73 Å². The molecule has 78 valence electrons. The van der Waals surface area contributed by atoms with Crippen molar-refractivity contribution in [3.05, 3.63) is 35.4 Å². The molecule has 1 aromatic carbocycles. The minimum absolute atomic E-state index is 0.699. The lowest BCUT2D eigenvalue weighted by Gasteiger charge is -2.30. The molecule has 1 nitrogen and oxygen atoms in total. The first kappa shape index (κ1) is 9.02. The monoisotopic (exact) mass is 199 g/mol. The SMILES string of the molecule is C=C(c1ccc2c(c1N)CC2)C1CCC1. The van der Waals surface area contributed by atoms with Crippen molar-refractivity contribution in [2.24, 2.45) is 5.92 Å². The van der Waals surface area contributed by atoms with Gasteiger partial charge < -0.3 is 5.73 Å². The van der Waals surface area contributed by atoms with Crippen LogP contribution in [0, 0.1) is 5.92 Å². The second kappa shape index (κ2) is 3.13. The van der Waals surface area contributed by atoms with Gasteiger partial charge in [0.1, 0.15) is 0 Å². The summed E-state index contributed by atoms with van der Waals surface area (Å²) in [4.78, 5) is 0. The molecule has 15 heavy (non-hydrogen) atoms. The topological polar surface area (TPSA) is 26.0 Å². The number of benzene rings is 1.